The van der Waals surface area contributed by atoms with Gasteiger partial charge in [0.05, 0.1) is 0 Å². The fraction of sp³-hybridized carbons (Fsp3) is 0.600. The van der Waals surface area contributed by atoms with Crippen LogP contribution in [0.25, 0.3) is 0 Å². The molecule has 1 aromatic rings. The summed E-state index contributed by atoms with van der Waals surface area (Å²) in [6.45, 7) is 3.11. The van der Waals surface area contributed by atoms with Gasteiger partial charge in [0.2, 0.25) is 0 Å². The lowest BCUT2D eigenvalue weighted by Crippen LogP contribution is -2.46. The van der Waals surface area contributed by atoms with Crippen LogP contribution in [0.4, 0.5) is 5.82 Å². The van der Waals surface area contributed by atoms with Crippen LogP contribution in [-0.4, -0.2) is 28.8 Å². The smallest absolute Gasteiger partial charge is 0.151 e. The minimum Gasteiger partial charge on any atom is -0.352 e. The number of aromatic nitrogens is 2. The van der Waals surface area contributed by atoms with E-state index in [-0.39, 0.29) is 0 Å². The van der Waals surface area contributed by atoms with Crippen molar-refractivity contribution in [2.24, 2.45) is 5.73 Å². The van der Waals surface area contributed by atoms with E-state index >= 15 is 0 Å². The number of hydrogen-bond donors (Lipinski definition) is 1. The Labute approximate surface area is 94.4 Å². The second-order valence-electron chi connectivity index (χ2n) is 4.04. The van der Waals surface area contributed by atoms with E-state index in [4.69, 9.17) is 17.3 Å². The first-order valence-corrected chi connectivity index (χ1v) is 5.56. The lowest BCUT2D eigenvalue weighted by atomic mass is 9.99. The van der Waals surface area contributed by atoms with E-state index in [1.807, 2.05) is 6.07 Å². The van der Waals surface area contributed by atoms with Crippen LogP contribution in [-0.2, 0) is 0 Å². The van der Waals surface area contributed by atoms with E-state index in [9.17, 15) is 0 Å². The van der Waals surface area contributed by atoms with E-state index in [0.29, 0.717) is 17.2 Å². The fourth-order valence-electron chi connectivity index (χ4n) is 2.01. The summed E-state index contributed by atoms with van der Waals surface area (Å²) in [4.78, 5) is 2.23. The van der Waals surface area contributed by atoms with Crippen LogP contribution in [0, 0.1) is 0 Å². The predicted octanol–water partition coefficient (Wildman–Crippen LogP) is 1.45. The van der Waals surface area contributed by atoms with Crippen LogP contribution in [0.1, 0.15) is 19.8 Å². The molecule has 2 N–H and O–H groups in total. The number of hydrogen-bond acceptors (Lipinski definition) is 4. The van der Waals surface area contributed by atoms with Crippen LogP contribution in [0.3, 0.4) is 0 Å². The summed E-state index contributed by atoms with van der Waals surface area (Å²) in [6, 6.07) is 4.41. The van der Waals surface area contributed by atoms with Gasteiger partial charge in [-0.1, -0.05) is 11.6 Å². The quantitative estimate of drug-likeness (QED) is 0.788. The van der Waals surface area contributed by atoms with Gasteiger partial charge < -0.3 is 10.6 Å². The number of nitrogens with two attached hydrogens (primary N) is 1. The van der Waals surface area contributed by atoms with Crippen molar-refractivity contribution in [3.63, 3.8) is 0 Å². The maximum Gasteiger partial charge on any atom is 0.151 e. The normalized spacial score (nSPS) is 26.7. The molecule has 0 amide bonds. The van der Waals surface area contributed by atoms with Crippen LogP contribution < -0.4 is 10.6 Å². The fourth-order valence-corrected chi connectivity index (χ4v) is 2.11. The van der Waals surface area contributed by atoms with Crippen molar-refractivity contribution in [3.05, 3.63) is 17.3 Å². The lowest BCUT2D eigenvalue weighted by molar-refractivity contribution is 0.426. The van der Waals surface area contributed by atoms with Crippen LogP contribution >= 0.6 is 11.6 Å². The van der Waals surface area contributed by atoms with Gasteiger partial charge in [0, 0.05) is 18.6 Å². The van der Waals surface area contributed by atoms with Crippen molar-refractivity contribution in [1.82, 2.24) is 10.2 Å². The Balaban J connectivity index is 2.13. The summed E-state index contributed by atoms with van der Waals surface area (Å²) >= 11 is 5.70. The van der Waals surface area contributed by atoms with Crippen LogP contribution in [0.15, 0.2) is 12.1 Å². The van der Waals surface area contributed by atoms with Gasteiger partial charge in [-0.05, 0) is 31.9 Å². The van der Waals surface area contributed by atoms with Gasteiger partial charge in [-0.3, -0.25) is 0 Å². The zero-order valence-corrected chi connectivity index (χ0v) is 9.48. The zero-order chi connectivity index (χ0) is 10.8. The molecule has 1 aliphatic rings. The van der Waals surface area contributed by atoms with Gasteiger partial charge in [0.25, 0.3) is 0 Å². The van der Waals surface area contributed by atoms with E-state index in [1.54, 1.807) is 6.07 Å². The number of halogens is 1. The monoisotopic (exact) mass is 226 g/mol. The molecule has 82 valence electrons. The molecule has 1 saturated heterocycles. The van der Waals surface area contributed by atoms with E-state index in [2.05, 4.69) is 22.0 Å². The van der Waals surface area contributed by atoms with Gasteiger partial charge in [-0.15, -0.1) is 10.2 Å². The molecule has 0 aliphatic carbocycles. The molecular formula is C10H15ClN4. The summed E-state index contributed by atoms with van der Waals surface area (Å²) in [7, 11) is 0. The van der Waals surface area contributed by atoms with Crippen molar-refractivity contribution in [1.29, 1.82) is 0 Å². The molecule has 2 atom stereocenters. The first-order valence-electron chi connectivity index (χ1n) is 5.18. The van der Waals surface area contributed by atoms with E-state index in [0.717, 1.165) is 25.2 Å². The van der Waals surface area contributed by atoms with Gasteiger partial charge in [-0.25, -0.2) is 0 Å². The Morgan fingerprint density at radius 2 is 2.27 bits per heavy atom. The zero-order valence-electron chi connectivity index (χ0n) is 8.73. The lowest BCUT2D eigenvalue weighted by Gasteiger charge is -2.36. The molecule has 1 aromatic heterocycles. The molecule has 2 heterocycles. The summed E-state index contributed by atoms with van der Waals surface area (Å²) in [6.07, 6.45) is 2.01. The Hall–Kier alpha value is -0.870. The second kappa shape index (κ2) is 4.33. The number of anilines is 1. The Morgan fingerprint density at radius 3 is 2.87 bits per heavy atom. The SMILES string of the molecule is CC1CC(N)CCN1c1ccc(Cl)nn1. The number of rotatable bonds is 1. The average molecular weight is 227 g/mol. The molecule has 0 spiro atoms. The standard InChI is InChI=1S/C10H15ClN4/c1-7-6-8(12)4-5-15(7)10-3-2-9(11)13-14-10/h2-3,7-8H,4-6,12H2,1H3. The first kappa shape index (κ1) is 10.6. The predicted molar refractivity (Wildman–Crippen MR) is 61.1 cm³/mol. The van der Waals surface area contributed by atoms with Gasteiger partial charge >= 0.3 is 0 Å². The number of nitrogens with zero attached hydrogens (tertiary/aromatic N) is 3. The number of piperidine rings is 1. The molecule has 5 heteroatoms. The minimum atomic E-state index is 0.316. The molecule has 4 nitrogen and oxygen atoms in total. The molecule has 0 radical (unpaired) electrons. The van der Waals surface area contributed by atoms with Crippen LogP contribution in [0.5, 0.6) is 0 Å². The highest BCUT2D eigenvalue weighted by Crippen LogP contribution is 2.22. The largest absolute Gasteiger partial charge is 0.352 e. The van der Waals surface area contributed by atoms with Gasteiger partial charge in [-0.2, -0.15) is 0 Å². The molecule has 0 bridgehead atoms. The summed E-state index contributed by atoms with van der Waals surface area (Å²) in [5, 5.41) is 8.36. The van der Waals surface area contributed by atoms with Gasteiger partial charge in [0.1, 0.15) is 0 Å². The topological polar surface area (TPSA) is 55.0 Å². The summed E-state index contributed by atoms with van der Waals surface area (Å²) in [5.74, 6) is 0.888. The maximum atomic E-state index is 5.91. The summed E-state index contributed by atoms with van der Waals surface area (Å²) < 4.78 is 0. The molecule has 15 heavy (non-hydrogen) atoms. The molecule has 1 aliphatic heterocycles. The molecule has 1 fully saturated rings. The first-order chi connectivity index (χ1) is 7.16. The van der Waals surface area contributed by atoms with E-state index in [1.165, 1.54) is 0 Å². The van der Waals surface area contributed by atoms with Crippen LogP contribution in [0.2, 0.25) is 5.15 Å². The molecule has 0 aromatic carbocycles. The molecule has 2 unspecified atom stereocenters. The maximum absolute atomic E-state index is 5.91. The van der Waals surface area contributed by atoms with Crippen molar-refractivity contribution in [2.75, 3.05) is 11.4 Å². The second-order valence-corrected chi connectivity index (χ2v) is 4.43. The van der Waals surface area contributed by atoms with Crippen molar-refractivity contribution in [2.45, 2.75) is 31.8 Å². The van der Waals surface area contributed by atoms with E-state index < -0.39 is 0 Å². The third-order valence-corrected chi connectivity index (χ3v) is 3.03. The highest BCUT2D eigenvalue weighted by atomic mass is 35.5. The Bertz CT molecular complexity index is 327. The van der Waals surface area contributed by atoms with Crippen molar-refractivity contribution >= 4 is 17.4 Å². The summed E-state index contributed by atoms with van der Waals surface area (Å²) in [5.41, 5.74) is 5.91. The van der Waals surface area contributed by atoms with Gasteiger partial charge in [0.15, 0.2) is 11.0 Å². The molecule has 0 saturated carbocycles. The third kappa shape index (κ3) is 2.38. The molecule has 2 rings (SSSR count). The Kier molecular flexibility index (Phi) is 3.07. The minimum absolute atomic E-state index is 0.316. The highest BCUT2D eigenvalue weighted by Gasteiger charge is 2.24. The molecular weight excluding hydrogens is 212 g/mol. The van der Waals surface area contributed by atoms with Crippen molar-refractivity contribution in [3.8, 4) is 0 Å². The average Bonchev–Trinajstić information content (AvgIpc) is 2.20. The van der Waals surface area contributed by atoms with Crippen molar-refractivity contribution < 1.29 is 0 Å². The Morgan fingerprint density at radius 1 is 1.47 bits per heavy atom. The third-order valence-electron chi connectivity index (χ3n) is 2.83. The highest BCUT2D eigenvalue weighted by molar-refractivity contribution is 6.29.